The number of rotatable bonds is 7. The van der Waals surface area contributed by atoms with Gasteiger partial charge in [-0.25, -0.2) is 13.2 Å². The molecule has 4 N–H and O–H groups in total. The van der Waals surface area contributed by atoms with Crippen LogP contribution in [0.3, 0.4) is 0 Å². The average molecular weight is 503 g/mol. The minimum absolute atomic E-state index is 0.0340. The molecule has 2 amide bonds. The van der Waals surface area contributed by atoms with Crippen LogP contribution in [0.15, 0.2) is 12.1 Å². The van der Waals surface area contributed by atoms with E-state index in [2.05, 4.69) is 10.6 Å². The molecule has 188 valence electrons. The van der Waals surface area contributed by atoms with Crippen LogP contribution in [0.1, 0.15) is 69.9 Å². The monoisotopic (exact) mass is 502 g/mol. The molecule has 0 spiro atoms. The van der Waals surface area contributed by atoms with E-state index in [9.17, 15) is 24.2 Å². The van der Waals surface area contributed by atoms with Gasteiger partial charge in [0.2, 0.25) is 11.8 Å². The van der Waals surface area contributed by atoms with Crippen LogP contribution in [0.2, 0.25) is 5.02 Å². The molecule has 10 heteroatoms. The van der Waals surface area contributed by atoms with Gasteiger partial charge in [-0.3, -0.25) is 9.59 Å². The lowest BCUT2D eigenvalue weighted by molar-refractivity contribution is -0.131. The van der Waals surface area contributed by atoms with Gasteiger partial charge in [0.1, 0.15) is 23.4 Å². The first-order valence-corrected chi connectivity index (χ1v) is 12.2. The van der Waals surface area contributed by atoms with Gasteiger partial charge in [-0.1, -0.05) is 18.5 Å². The summed E-state index contributed by atoms with van der Waals surface area (Å²) in [5.41, 5.74) is -2.62. The Morgan fingerprint density at radius 1 is 1.21 bits per heavy atom. The largest absolute Gasteiger partial charge is 0.391 e. The molecule has 0 unspecified atom stereocenters. The number of nitrogens with one attached hydrogen (secondary N) is 2. The van der Waals surface area contributed by atoms with Crippen molar-refractivity contribution in [2.75, 3.05) is 0 Å². The van der Waals surface area contributed by atoms with Gasteiger partial charge in [-0.15, -0.1) is 0 Å². The van der Waals surface area contributed by atoms with Gasteiger partial charge >= 0.3 is 0 Å². The number of carbonyl (C=O) groups is 2. The molecule has 0 aromatic heterocycles. The van der Waals surface area contributed by atoms with E-state index >= 15 is 8.78 Å². The zero-order valence-corrected chi connectivity index (χ0v) is 19.7. The summed E-state index contributed by atoms with van der Waals surface area (Å²) in [6.07, 6.45) is -0.527. The number of alkyl halides is 1. The Morgan fingerprint density at radius 2 is 1.88 bits per heavy atom. The molecule has 0 aliphatic heterocycles. The Balaban J connectivity index is 1.57. The van der Waals surface area contributed by atoms with E-state index in [1.807, 2.05) is 0 Å². The van der Waals surface area contributed by atoms with Crippen LogP contribution in [0.4, 0.5) is 13.2 Å². The number of aliphatic hydroxyl groups is 2. The summed E-state index contributed by atoms with van der Waals surface area (Å²) < 4.78 is 45.0. The van der Waals surface area contributed by atoms with Crippen molar-refractivity contribution in [3.63, 3.8) is 0 Å². The first-order valence-electron chi connectivity index (χ1n) is 11.8. The van der Waals surface area contributed by atoms with E-state index in [0.717, 1.165) is 12.1 Å². The van der Waals surface area contributed by atoms with Gasteiger partial charge in [-0.05, 0) is 68.9 Å². The standard InChI is InChI=1S/C24H30ClF3N2O4/c1-2-16(31)22(34)29-15-9-12(10-17(15)32)21(33)30-20(18-14(26)4-3-13(25)19(18)27)23-5-7-24(28,11-23)8-6-23/h3-4,12,15-17,20,31-32H,2,5-11H2,1H3,(H,29,34)(H,30,33)/t12-,15+,16+,17-,20-,23?,24?/m1/s1. The Bertz CT molecular complexity index is 970. The number of amides is 2. The highest BCUT2D eigenvalue weighted by Crippen LogP contribution is 2.63. The van der Waals surface area contributed by atoms with Gasteiger partial charge in [0.15, 0.2) is 0 Å². The van der Waals surface area contributed by atoms with Gasteiger partial charge in [0.05, 0.1) is 23.2 Å². The minimum Gasteiger partial charge on any atom is -0.391 e. The van der Waals surface area contributed by atoms with Crippen molar-refractivity contribution >= 4 is 23.4 Å². The van der Waals surface area contributed by atoms with Crippen LogP contribution >= 0.6 is 11.6 Å². The molecule has 0 radical (unpaired) electrons. The number of carbonyl (C=O) groups excluding carboxylic acids is 2. The predicted octanol–water partition coefficient (Wildman–Crippen LogP) is 3.47. The molecule has 34 heavy (non-hydrogen) atoms. The molecule has 1 aromatic carbocycles. The van der Waals surface area contributed by atoms with Crippen LogP contribution in [0.25, 0.3) is 0 Å². The van der Waals surface area contributed by atoms with Crippen LogP contribution in [0.5, 0.6) is 0 Å². The van der Waals surface area contributed by atoms with E-state index in [-0.39, 0.29) is 49.1 Å². The summed E-state index contributed by atoms with van der Waals surface area (Å²) in [6, 6.07) is 0.275. The van der Waals surface area contributed by atoms with E-state index in [0.29, 0.717) is 12.8 Å². The number of halogens is 4. The fourth-order valence-corrected chi connectivity index (χ4v) is 6.18. The van der Waals surface area contributed by atoms with E-state index < -0.39 is 64.7 Å². The van der Waals surface area contributed by atoms with Crippen molar-refractivity contribution in [3.05, 3.63) is 34.4 Å². The molecular formula is C24H30ClF3N2O4. The molecule has 3 aliphatic rings. The highest BCUT2D eigenvalue weighted by atomic mass is 35.5. The first-order chi connectivity index (χ1) is 16.0. The molecule has 5 atom stereocenters. The Kier molecular flexibility index (Phi) is 6.92. The third-order valence-corrected chi connectivity index (χ3v) is 8.29. The van der Waals surface area contributed by atoms with Gasteiger partial charge in [-0.2, -0.15) is 0 Å². The summed E-state index contributed by atoms with van der Waals surface area (Å²) in [5.74, 6) is -3.75. The summed E-state index contributed by atoms with van der Waals surface area (Å²) in [4.78, 5) is 25.3. The highest BCUT2D eigenvalue weighted by molar-refractivity contribution is 6.30. The fraction of sp³-hybridized carbons (Fsp3) is 0.667. The molecule has 3 saturated carbocycles. The molecule has 3 aliphatic carbocycles. The van der Waals surface area contributed by atoms with Crippen molar-refractivity contribution < 1.29 is 33.0 Å². The summed E-state index contributed by atoms with van der Waals surface area (Å²) >= 11 is 5.93. The van der Waals surface area contributed by atoms with Gasteiger partial charge in [0.25, 0.3) is 0 Å². The van der Waals surface area contributed by atoms with Crippen molar-refractivity contribution in [1.29, 1.82) is 0 Å². The molecular weight excluding hydrogens is 473 g/mol. The lowest BCUT2D eigenvalue weighted by atomic mass is 9.74. The maximum Gasteiger partial charge on any atom is 0.249 e. The van der Waals surface area contributed by atoms with Crippen LogP contribution in [-0.4, -0.2) is 45.9 Å². The SMILES string of the molecule is CC[C@H](O)C(=O)N[C@H]1C[C@@H](C(=O)N[C@H](c2c(F)ccc(Cl)c2F)C23CCC(F)(CC2)C3)C[C@H]1O. The summed E-state index contributed by atoms with van der Waals surface area (Å²) in [6.45, 7) is 1.64. The second-order valence-corrected chi connectivity index (χ2v) is 10.6. The zero-order chi connectivity index (χ0) is 24.8. The fourth-order valence-electron chi connectivity index (χ4n) is 6.02. The minimum atomic E-state index is -1.41. The molecule has 6 nitrogen and oxygen atoms in total. The maximum absolute atomic E-state index is 15.1. The van der Waals surface area contributed by atoms with Gasteiger partial charge < -0.3 is 20.8 Å². The highest BCUT2D eigenvalue weighted by Gasteiger charge is 2.59. The second kappa shape index (κ2) is 9.32. The van der Waals surface area contributed by atoms with Crippen LogP contribution < -0.4 is 10.6 Å². The first kappa shape index (κ1) is 25.3. The number of fused-ring (bicyclic) bond motifs is 2. The third kappa shape index (κ3) is 4.54. The van der Waals surface area contributed by atoms with Crippen LogP contribution in [-0.2, 0) is 9.59 Å². The van der Waals surface area contributed by atoms with E-state index in [4.69, 9.17) is 11.6 Å². The van der Waals surface area contributed by atoms with Crippen molar-refractivity contribution in [2.24, 2.45) is 11.3 Å². The summed E-state index contributed by atoms with van der Waals surface area (Å²) in [5, 5.41) is 25.1. The van der Waals surface area contributed by atoms with Gasteiger partial charge in [0, 0.05) is 11.5 Å². The van der Waals surface area contributed by atoms with Crippen LogP contribution in [0, 0.1) is 23.0 Å². The predicted molar refractivity (Wildman–Crippen MR) is 119 cm³/mol. The smallest absolute Gasteiger partial charge is 0.249 e. The molecule has 4 rings (SSSR count). The molecule has 0 heterocycles. The molecule has 1 aromatic rings. The number of hydrogen-bond donors (Lipinski definition) is 4. The number of aliphatic hydroxyl groups excluding tert-OH is 2. The summed E-state index contributed by atoms with van der Waals surface area (Å²) in [7, 11) is 0. The van der Waals surface area contributed by atoms with Crippen molar-refractivity contribution in [3.8, 4) is 0 Å². The van der Waals surface area contributed by atoms with Crippen molar-refractivity contribution in [1.82, 2.24) is 10.6 Å². The average Bonchev–Trinajstić information content (AvgIpc) is 3.46. The second-order valence-electron chi connectivity index (χ2n) is 10.2. The lowest BCUT2D eigenvalue weighted by Gasteiger charge is -2.37. The number of benzene rings is 1. The van der Waals surface area contributed by atoms with Crippen molar-refractivity contribution in [2.45, 2.75) is 88.3 Å². The lowest BCUT2D eigenvalue weighted by Crippen LogP contribution is -2.45. The number of hydrogen-bond acceptors (Lipinski definition) is 4. The third-order valence-electron chi connectivity index (χ3n) is 7.99. The van der Waals surface area contributed by atoms with E-state index in [1.54, 1.807) is 6.92 Å². The Labute approximate surface area is 201 Å². The topological polar surface area (TPSA) is 98.7 Å². The maximum atomic E-state index is 15.1. The molecule has 3 fully saturated rings. The zero-order valence-electron chi connectivity index (χ0n) is 18.9. The Hall–Kier alpha value is -1.84. The van der Waals surface area contributed by atoms with E-state index in [1.165, 1.54) is 0 Å². The molecule has 2 bridgehead atoms. The molecule has 0 saturated heterocycles. The quantitative estimate of drug-likeness (QED) is 0.429. The normalized spacial score (nSPS) is 34.1. The Morgan fingerprint density at radius 3 is 2.47 bits per heavy atom.